The van der Waals surface area contributed by atoms with Gasteiger partial charge in [0.2, 0.25) is 5.91 Å². The second kappa shape index (κ2) is 9.23. The molecule has 0 aliphatic carbocycles. The summed E-state index contributed by atoms with van der Waals surface area (Å²) in [4.78, 5) is 11.6. The molecule has 0 spiro atoms. The van der Waals surface area contributed by atoms with Crippen LogP contribution in [0.2, 0.25) is 0 Å². The van der Waals surface area contributed by atoms with E-state index in [1.54, 1.807) is 7.11 Å². The quantitative estimate of drug-likeness (QED) is 0.682. The summed E-state index contributed by atoms with van der Waals surface area (Å²) in [6.07, 6.45) is 3.87. The molecule has 2 N–H and O–H groups in total. The first kappa shape index (κ1) is 16.3. The minimum atomic E-state index is 0.0974. The monoisotopic (exact) mass is 278 g/mol. The number of nitrogens with one attached hydrogen (secondary N) is 2. The topological polar surface area (TPSA) is 50.4 Å². The fourth-order valence-corrected chi connectivity index (χ4v) is 1.96. The number of amides is 1. The molecule has 4 heteroatoms. The van der Waals surface area contributed by atoms with E-state index in [9.17, 15) is 4.79 Å². The molecule has 0 atom stereocenters. The van der Waals surface area contributed by atoms with Gasteiger partial charge in [-0.15, -0.1) is 0 Å². The van der Waals surface area contributed by atoms with E-state index in [-0.39, 0.29) is 5.91 Å². The number of hydrogen-bond acceptors (Lipinski definition) is 3. The Hall–Kier alpha value is -1.71. The molecule has 1 amide bonds. The van der Waals surface area contributed by atoms with Crippen LogP contribution < -0.4 is 15.4 Å². The van der Waals surface area contributed by atoms with Gasteiger partial charge in [0.25, 0.3) is 0 Å². The second-order valence-electron chi connectivity index (χ2n) is 4.94. The van der Waals surface area contributed by atoms with E-state index in [2.05, 4.69) is 17.6 Å². The number of unbranched alkanes of at least 4 members (excludes halogenated alkanes) is 2. The molecule has 0 aromatic heterocycles. The molecule has 0 saturated heterocycles. The van der Waals surface area contributed by atoms with Crippen LogP contribution in [0.15, 0.2) is 18.2 Å². The zero-order valence-corrected chi connectivity index (χ0v) is 12.8. The van der Waals surface area contributed by atoms with Crippen LogP contribution in [0.4, 0.5) is 5.69 Å². The zero-order chi connectivity index (χ0) is 14.8. The van der Waals surface area contributed by atoms with Crippen molar-refractivity contribution in [2.45, 2.75) is 39.5 Å². The number of methoxy groups -OCH3 is 1. The molecule has 0 saturated carbocycles. The second-order valence-corrected chi connectivity index (χ2v) is 4.94. The highest BCUT2D eigenvalue weighted by atomic mass is 16.5. The van der Waals surface area contributed by atoms with E-state index in [0.29, 0.717) is 13.0 Å². The van der Waals surface area contributed by atoms with Crippen LogP contribution in [-0.4, -0.2) is 26.1 Å². The van der Waals surface area contributed by atoms with Crippen molar-refractivity contribution < 1.29 is 9.53 Å². The fraction of sp³-hybridized carbons (Fsp3) is 0.562. The SMILES string of the molecule is CCCCCNC(=O)CCNc1cc(C)ccc1OC. The van der Waals surface area contributed by atoms with Crippen molar-refractivity contribution in [2.75, 3.05) is 25.5 Å². The van der Waals surface area contributed by atoms with Gasteiger partial charge in [-0.2, -0.15) is 0 Å². The first-order valence-corrected chi connectivity index (χ1v) is 7.32. The Morgan fingerprint density at radius 1 is 1.25 bits per heavy atom. The van der Waals surface area contributed by atoms with Gasteiger partial charge in [0.1, 0.15) is 5.75 Å². The van der Waals surface area contributed by atoms with Gasteiger partial charge >= 0.3 is 0 Å². The number of carbonyl (C=O) groups is 1. The van der Waals surface area contributed by atoms with Gasteiger partial charge in [0.05, 0.1) is 12.8 Å². The fourth-order valence-electron chi connectivity index (χ4n) is 1.96. The van der Waals surface area contributed by atoms with Crippen LogP contribution in [0.5, 0.6) is 5.75 Å². The van der Waals surface area contributed by atoms with Gasteiger partial charge in [0.15, 0.2) is 0 Å². The minimum Gasteiger partial charge on any atom is -0.495 e. The van der Waals surface area contributed by atoms with E-state index in [1.807, 2.05) is 25.1 Å². The number of benzene rings is 1. The summed E-state index contributed by atoms with van der Waals surface area (Å²) in [5.41, 5.74) is 2.10. The first-order valence-electron chi connectivity index (χ1n) is 7.32. The molecule has 0 aliphatic rings. The number of anilines is 1. The Bertz CT molecular complexity index is 419. The van der Waals surface area contributed by atoms with Crippen molar-refractivity contribution in [1.82, 2.24) is 5.32 Å². The molecule has 20 heavy (non-hydrogen) atoms. The van der Waals surface area contributed by atoms with Crippen LogP contribution in [-0.2, 0) is 4.79 Å². The average Bonchev–Trinajstić information content (AvgIpc) is 2.44. The van der Waals surface area contributed by atoms with Crippen molar-refractivity contribution >= 4 is 11.6 Å². The number of ether oxygens (including phenoxy) is 1. The van der Waals surface area contributed by atoms with E-state index in [0.717, 1.165) is 30.0 Å². The summed E-state index contributed by atoms with van der Waals surface area (Å²) in [6.45, 7) is 5.58. The lowest BCUT2D eigenvalue weighted by molar-refractivity contribution is -0.120. The molecule has 0 fully saturated rings. The average molecular weight is 278 g/mol. The Balaban J connectivity index is 2.29. The van der Waals surface area contributed by atoms with E-state index in [1.165, 1.54) is 12.8 Å². The summed E-state index contributed by atoms with van der Waals surface area (Å²) < 4.78 is 5.29. The lowest BCUT2D eigenvalue weighted by Crippen LogP contribution is -2.26. The van der Waals surface area contributed by atoms with Gasteiger partial charge in [-0.05, 0) is 31.0 Å². The summed E-state index contributed by atoms with van der Waals surface area (Å²) in [6, 6.07) is 5.96. The van der Waals surface area contributed by atoms with Crippen LogP contribution in [0.25, 0.3) is 0 Å². The molecule has 0 heterocycles. The third kappa shape index (κ3) is 5.95. The summed E-state index contributed by atoms with van der Waals surface area (Å²) >= 11 is 0. The predicted octanol–water partition coefficient (Wildman–Crippen LogP) is 3.11. The summed E-state index contributed by atoms with van der Waals surface area (Å²) in [5, 5.41) is 6.19. The number of hydrogen-bond donors (Lipinski definition) is 2. The summed E-state index contributed by atoms with van der Waals surface area (Å²) in [5.74, 6) is 0.902. The largest absolute Gasteiger partial charge is 0.495 e. The van der Waals surface area contributed by atoms with E-state index in [4.69, 9.17) is 4.74 Å². The Morgan fingerprint density at radius 3 is 2.75 bits per heavy atom. The van der Waals surface area contributed by atoms with Crippen molar-refractivity contribution in [3.05, 3.63) is 23.8 Å². The van der Waals surface area contributed by atoms with Gasteiger partial charge in [-0.1, -0.05) is 25.8 Å². The highest BCUT2D eigenvalue weighted by molar-refractivity contribution is 5.76. The van der Waals surface area contributed by atoms with Gasteiger partial charge in [0, 0.05) is 19.5 Å². The van der Waals surface area contributed by atoms with Crippen LogP contribution >= 0.6 is 0 Å². The van der Waals surface area contributed by atoms with Gasteiger partial charge in [-0.3, -0.25) is 4.79 Å². The molecule has 0 aliphatic heterocycles. The predicted molar refractivity (Wildman–Crippen MR) is 83.4 cm³/mol. The van der Waals surface area contributed by atoms with Crippen molar-refractivity contribution in [3.8, 4) is 5.75 Å². The van der Waals surface area contributed by atoms with Crippen LogP contribution in [0.3, 0.4) is 0 Å². The molecule has 1 aromatic rings. The van der Waals surface area contributed by atoms with E-state index < -0.39 is 0 Å². The number of aryl methyl sites for hydroxylation is 1. The normalized spacial score (nSPS) is 10.2. The maximum atomic E-state index is 11.6. The van der Waals surface area contributed by atoms with Crippen molar-refractivity contribution in [3.63, 3.8) is 0 Å². The minimum absolute atomic E-state index is 0.0974. The number of rotatable bonds is 9. The lowest BCUT2D eigenvalue weighted by Gasteiger charge is -2.12. The maximum absolute atomic E-state index is 11.6. The highest BCUT2D eigenvalue weighted by Crippen LogP contribution is 2.24. The Labute approximate surface area is 121 Å². The standard InChI is InChI=1S/C16H26N2O2/c1-4-5-6-10-18-16(19)9-11-17-14-12-13(2)7-8-15(14)20-3/h7-8,12,17H,4-6,9-11H2,1-3H3,(H,18,19). The third-order valence-corrected chi connectivity index (χ3v) is 3.12. The Morgan fingerprint density at radius 2 is 2.05 bits per heavy atom. The van der Waals surface area contributed by atoms with Crippen molar-refractivity contribution in [1.29, 1.82) is 0 Å². The first-order chi connectivity index (χ1) is 9.67. The molecule has 1 aromatic carbocycles. The summed E-state index contributed by atoms with van der Waals surface area (Å²) in [7, 11) is 1.65. The molecule has 0 radical (unpaired) electrons. The smallest absolute Gasteiger partial charge is 0.221 e. The van der Waals surface area contributed by atoms with Crippen LogP contribution in [0, 0.1) is 6.92 Å². The molecule has 1 rings (SSSR count). The molecule has 0 bridgehead atoms. The van der Waals surface area contributed by atoms with Gasteiger partial charge < -0.3 is 15.4 Å². The molecular weight excluding hydrogens is 252 g/mol. The highest BCUT2D eigenvalue weighted by Gasteiger charge is 2.04. The lowest BCUT2D eigenvalue weighted by atomic mass is 10.2. The molecule has 4 nitrogen and oxygen atoms in total. The Kier molecular flexibility index (Phi) is 7.55. The molecular formula is C16H26N2O2. The third-order valence-electron chi connectivity index (χ3n) is 3.12. The van der Waals surface area contributed by atoms with Gasteiger partial charge in [-0.25, -0.2) is 0 Å². The molecule has 112 valence electrons. The maximum Gasteiger partial charge on any atom is 0.221 e. The van der Waals surface area contributed by atoms with Crippen LogP contribution in [0.1, 0.15) is 38.2 Å². The van der Waals surface area contributed by atoms with E-state index >= 15 is 0 Å². The van der Waals surface area contributed by atoms with Crippen molar-refractivity contribution in [2.24, 2.45) is 0 Å². The molecule has 0 unspecified atom stereocenters. The number of carbonyl (C=O) groups excluding carboxylic acids is 1. The zero-order valence-electron chi connectivity index (χ0n) is 12.8.